The number of fused-ring (bicyclic) bond motifs is 1. The first kappa shape index (κ1) is 13.1. The van der Waals surface area contributed by atoms with Crippen molar-refractivity contribution in [2.75, 3.05) is 0 Å². The number of thiophene rings is 1. The van der Waals surface area contributed by atoms with Crippen LogP contribution in [0.4, 0.5) is 0 Å². The van der Waals surface area contributed by atoms with Crippen molar-refractivity contribution in [3.8, 4) is 0 Å². The van der Waals surface area contributed by atoms with Gasteiger partial charge < -0.3 is 5.32 Å². The lowest BCUT2D eigenvalue weighted by atomic mass is 9.90. The molecular formula is C15H22BrNS. The van der Waals surface area contributed by atoms with E-state index in [9.17, 15) is 0 Å². The topological polar surface area (TPSA) is 12.0 Å². The summed E-state index contributed by atoms with van der Waals surface area (Å²) in [6.07, 6.45) is 7.99. The van der Waals surface area contributed by atoms with E-state index in [4.69, 9.17) is 0 Å². The molecule has 1 saturated carbocycles. The Morgan fingerprint density at radius 1 is 1.39 bits per heavy atom. The molecule has 0 aromatic carbocycles. The van der Waals surface area contributed by atoms with Gasteiger partial charge in [0.15, 0.2) is 0 Å². The summed E-state index contributed by atoms with van der Waals surface area (Å²) in [4.78, 5) is 1.60. The highest BCUT2D eigenvalue weighted by Gasteiger charge is 2.33. The fraction of sp³-hybridized carbons (Fsp3) is 0.733. The average Bonchev–Trinajstić information content (AvgIpc) is 2.81. The van der Waals surface area contributed by atoms with Crippen molar-refractivity contribution in [2.45, 2.75) is 64.5 Å². The molecule has 2 unspecified atom stereocenters. The van der Waals surface area contributed by atoms with Gasteiger partial charge in [0.2, 0.25) is 0 Å². The van der Waals surface area contributed by atoms with E-state index < -0.39 is 0 Å². The molecular weight excluding hydrogens is 306 g/mol. The summed E-state index contributed by atoms with van der Waals surface area (Å²) >= 11 is 5.57. The zero-order valence-electron chi connectivity index (χ0n) is 11.3. The van der Waals surface area contributed by atoms with E-state index in [2.05, 4.69) is 41.2 Å². The van der Waals surface area contributed by atoms with Gasteiger partial charge >= 0.3 is 0 Å². The second-order valence-corrected chi connectivity index (χ2v) is 9.16. The zero-order valence-corrected chi connectivity index (χ0v) is 13.7. The zero-order chi connectivity index (χ0) is 12.8. The minimum absolute atomic E-state index is 0.546. The molecule has 0 spiro atoms. The molecule has 3 heteroatoms. The van der Waals surface area contributed by atoms with Crippen molar-refractivity contribution in [1.29, 1.82) is 0 Å². The van der Waals surface area contributed by atoms with E-state index in [0.29, 0.717) is 11.5 Å². The van der Waals surface area contributed by atoms with Crippen LogP contribution in [-0.4, -0.2) is 6.04 Å². The monoisotopic (exact) mass is 327 g/mol. The Morgan fingerprint density at radius 3 is 2.94 bits per heavy atom. The lowest BCUT2D eigenvalue weighted by molar-refractivity contribution is 0.343. The maximum absolute atomic E-state index is 3.93. The predicted octanol–water partition coefficient (Wildman–Crippen LogP) is 5.06. The molecule has 1 N–H and O–H groups in total. The Hall–Kier alpha value is 0.140. The number of hydrogen-bond acceptors (Lipinski definition) is 2. The maximum Gasteiger partial charge on any atom is 0.0704 e. The van der Waals surface area contributed by atoms with Crippen LogP contribution in [-0.2, 0) is 6.42 Å². The van der Waals surface area contributed by atoms with Crippen LogP contribution in [0.2, 0.25) is 0 Å². The normalized spacial score (nSPS) is 30.4. The molecule has 2 aliphatic carbocycles. The number of hydrogen-bond donors (Lipinski definition) is 1. The van der Waals surface area contributed by atoms with E-state index >= 15 is 0 Å². The van der Waals surface area contributed by atoms with Crippen molar-refractivity contribution in [2.24, 2.45) is 5.41 Å². The highest BCUT2D eigenvalue weighted by molar-refractivity contribution is 9.11. The van der Waals surface area contributed by atoms with Gasteiger partial charge in [-0.2, -0.15) is 0 Å². The first-order valence-corrected chi connectivity index (χ1v) is 8.69. The smallest absolute Gasteiger partial charge is 0.0704 e. The molecule has 2 aliphatic rings. The van der Waals surface area contributed by atoms with Crippen LogP contribution in [0.3, 0.4) is 0 Å². The molecule has 0 radical (unpaired) electrons. The van der Waals surface area contributed by atoms with E-state index in [-0.39, 0.29) is 0 Å². The third kappa shape index (κ3) is 2.68. The van der Waals surface area contributed by atoms with Gasteiger partial charge in [0, 0.05) is 17.0 Å². The molecule has 0 amide bonds. The Labute approximate surface area is 122 Å². The summed E-state index contributed by atoms with van der Waals surface area (Å²) < 4.78 is 1.30. The summed E-state index contributed by atoms with van der Waals surface area (Å²) in [6, 6.07) is 3.68. The van der Waals surface area contributed by atoms with Crippen molar-refractivity contribution < 1.29 is 0 Å². The summed E-state index contributed by atoms with van der Waals surface area (Å²) in [5.74, 6) is 0. The fourth-order valence-electron chi connectivity index (χ4n) is 3.56. The molecule has 1 fully saturated rings. The first-order chi connectivity index (χ1) is 8.53. The van der Waals surface area contributed by atoms with Crippen LogP contribution >= 0.6 is 27.3 Å². The van der Waals surface area contributed by atoms with Gasteiger partial charge in [-0.25, -0.2) is 0 Å². The van der Waals surface area contributed by atoms with Crippen LogP contribution < -0.4 is 5.32 Å². The summed E-state index contributed by atoms with van der Waals surface area (Å²) in [5.41, 5.74) is 2.12. The van der Waals surface area contributed by atoms with Gasteiger partial charge in [-0.15, -0.1) is 11.3 Å². The number of nitrogens with one attached hydrogen (secondary N) is 1. The largest absolute Gasteiger partial charge is 0.307 e. The number of halogens is 1. The van der Waals surface area contributed by atoms with Crippen LogP contribution in [0.15, 0.2) is 9.85 Å². The van der Waals surface area contributed by atoms with Crippen molar-refractivity contribution in [3.05, 3.63) is 20.3 Å². The molecule has 0 saturated heterocycles. The Bertz CT molecular complexity index is 438. The van der Waals surface area contributed by atoms with Gasteiger partial charge in [0.05, 0.1) is 3.79 Å². The summed E-state index contributed by atoms with van der Waals surface area (Å²) in [6.45, 7) is 4.81. The van der Waals surface area contributed by atoms with Crippen LogP contribution in [0, 0.1) is 5.41 Å². The van der Waals surface area contributed by atoms with Crippen molar-refractivity contribution in [3.63, 3.8) is 0 Å². The van der Waals surface area contributed by atoms with Crippen LogP contribution in [0.1, 0.15) is 62.4 Å². The lowest BCUT2D eigenvalue weighted by Gasteiger charge is -2.27. The molecule has 1 nitrogen and oxygen atoms in total. The molecule has 1 heterocycles. The van der Waals surface area contributed by atoms with Crippen LogP contribution in [0.5, 0.6) is 0 Å². The summed E-state index contributed by atoms with van der Waals surface area (Å²) in [7, 11) is 0. The molecule has 1 aromatic heterocycles. The van der Waals surface area contributed by atoms with E-state index in [1.165, 1.54) is 42.3 Å². The quantitative estimate of drug-likeness (QED) is 0.800. The minimum atomic E-state index is 0.546. The highest BCUT2D eigenvalue weighted by atomic mass is 79.9. The van der Waals surface area contributed by atoms with E-state index in [1.54, 1.807) is 10.4 Å². The third-order valence-corrected chi connectivity index (χ3v) is 6.20. The second-order valence-electron chi connectivity index (χ2n) is 6.64. The summed E-state index contributed by atoms with van der Waals surface area (Å²) in [5, 5.41) is 3.93. The van der Waals surface area contributed by atoms with Gasteiger partial charge in [-0.1, -0.05) is 13.8 Å². The Balaban J connectivity index is 1.71. The predicted molar refractivity (Wildman–Crippen MR) is 82.3 cm³/mol. The number of rotatable bonds is 2. The fourth-order valence-corrected chi connectivity index (χ4v) is 5.38. The van der Waals surface area contributed by atoms with Gasteiger partial charge in [-0.3, -0.25) is 0 Å². The van der Waals surface area contributed by atoms with Gasteiger partial charge in [0.25, 0.3) is 0 Å². The highest BCUT2D eigenvalue weighted by Crippen LogP contribution is 2.41. The Morgan fingerprint density at radius 2 is 2.22 bits per heavy atom. The third-order valence-electron chi connectivity index (χ3n) is 4.49. The molecule has 0 bridgehead atoms. The standard InChI is InChI=1S/C15H22BrNS/c1-15(2)7-6-10(9-15)17-12-4-3-5-13-11(12)8-14(16)18-13/h8,10,12,17H,3-7,9H2,1-2H3. The van der Waals surface area contributed by atoms with Gasteiger partial charge in [-0.05, 0) is 71.5 Å². The molecule has 0 aliphatic heterocycles. The SMILES string of the molecule is CC1(C)CCC(NC2CCCc3sc(Br)cc32)C1. The van der Waals surface area contributed by atoms with Gasteiger partial charge in [0.1, 0.15) is 0 Å². The molecule has 1 aromatic rings. The molecule has 2 atom stereocenters. The van der Waals surface area contributed by atoms with Crippen LogP contribution in [0.25, 0.3) is 0 Å². The second kappa shape index (κ2) is 4.92. The van der Waals surface area contributed by atoms with E-state index in [1.807, 2.05) is 11.3 Å². The van der Waals surface area contributed by atoms with Crippen molar-refractivity contribution >= 4 is 27.3 Å². The van der Waals surface area contributed by atoms with E-state index in [0.717, 1.165) is 6.04 Å². The maximum atomic E-state index is 3.93. The minimum Gasteiger partial charge on any atom is -0.307 e. The Kier molecular flexibility index (Phi) is 3.59. The number of aryl methyl sites for hydroxylation is 1. The lowest BCUT2D eigenvalue weighted by Crippen LogP contribution is -2.33. The average molecular weight is 328 g/mol. The molecule has 18 heavy (non-hydrogen) atoms. The first-order valence-electron chi connectivity index (χ1n) is 7.08. The van der Waals surface area contributed by atoms with Crippen molar-refractivity contribution in [1.82, 2.24) is 5.32 Å². The molecule has 100 valence electrons. The molecule has 3 rings (SSSR count).